The van der Waals surface area contributed by atoms with Crippen molar-refractivity contribution in [3.8, 4) is 5.75 Å². The van der Waals surface area contributed by atoms with Crippen molar-refractivity contribution >= 4 is 34.8 Å². The largest absolute Gasteiger partial charge is 0.497 e. The summed E-state index contributed by atoms with van der Waals surface area (Å²) >= 11 is 6.00. The number of hydrogen-bond donors (Lipinski definition) is 1. The van der Waals surface area contributed by atoms with Gasteiger partial charge >= 0.3 is 0 Å². The van der Waals surface area contributed by atoms with Gasteiger partial charge in [0, 0.05) is 25.1 Å². The van der Waals surface area contributed by atoms with E-state index in [2.05, 4.69) is 20.9 Å². The molecule has 1 aromatic heterocycles. The number of nitrogens with zero attached hydrogens (tertiary/aromatic N) is 4. The summed E-state index contributed by atoms with van der Waals surface area (Å²) < 4.78 is 11.2. The first-order chi connectivity index (χ1) is 12.1. The van der Waals surface area contributed by atoms with E-state index in [1.165, 1.54) is 5.56 Å². The van der Waals surface area contributed by atoms with E-state index < -0.39 is 0 Å². The molecule has 1 fully saturated rings. The topological polar surface area (TPSA) is 85.9 Å². The minimum Gasteiger partial charge on any atom is -0.497 e. The van der Waals surface area contributed by atoms with Crippen LogP contribution in [0.25, 0.3) is 0 Å². The molecule has 7 nitrogen and oxygen atoms in total. The number of methoxy groups -OCH3 is 1. The fourth-order valence-electron chi connectivity index (χ4n) is 3.14. The van der Waals surface area contributed by atoms with Gasteiger partial charge in [-0.25, -0.2) is 4.98 Å². The number of morpholine rings is 1. The molecule has 2 aliphatic rings. The number of benzene rings is 1. The van der Waals surface area contributed by atoms with Crippen molar-refractivity contribution in [2.75, 3.05) is 37.4 Å². The molecule has 2 aliphatic heterocycles. The van der Waals surface area contributed by atoms with E-state index in [0.717, 1.165) is 30.1 Å². The van der Waals surface area contributed by atoms with Gasteiger partial charge < -0.3 is 20.1 Å². The second-order valence-corrected chi connectivity index (χ2v) is 6.37. The van der Waals surface area contributed by atoms with Crippen LogP contribution in [0.4, 0.5) is 17.5 Å². The Morgan fingerprint density at radius 2 is 2.20 bits per heavy atom. The van der Waals surface area contributed by atoms with Crippen LogP contribution in [0.1, 0.15) is 5.56 Å². The molecule has 1 atom stereocenters. The summed E-state index contributed by atoms with van der Waals surface area (Å²) in [7, 11) is 1.65. The smallest absolute Gasteiger partial charge is 0.223 e. The van der Waals surface area contributed by atoms with Crippen LogP contribution in [-0.2, 0) is 11.2 Å². The number of anilines is 2. The van der Waals surface area contributed by atoms with Crippen molar-refractivity contribution in [1.82, 2.24) is 9.97 Å². The number of aliphatic imine (C=N–C) groups is 1. The Balaban J connectivity index is 1.54. The number of nitrogen functional groups attached to an aromatic ring is 1. The molecule has 1 saturated heterocycles. The van der Waals surface area contributed by atoms with Crippen LogP contribution in [0.15, 0.2) is 29.3 Å². The van der Waals surface area contributed by atoms with Crippen LogP contribution in [0.3, 0.4) is 0 Å². The van der Waals surface area contributed by atoms with E-state index >= 15 is 0 Å². The third-order valence-corrected chi connectivity index (χ3v) is 4.58. The lowest BCUT2D eigenvalue weighted by molar-refractivity contribution is 0.0829. The molecule has 25 heavy (non-hydrogen) atoms. The highest BCUT2D eigenvalue weighted by Gasteiger charge is 2.29. The summed E-state index contributed by atoms with van der Waals surface area (Å²) in [5.74, 6) is 1.69. The van der Waals surface area contributed by atoms with Gasteiger partial charge in [0.25, 0.3) is 0 Å². The highest BCUT2D eigenvalue weighted by Crippen LogP contribution is 2.32. The quantitative estimate of drug-likeness (QED) is 0.846. The van der Waals surface area contributed by atoms with Gasteiger partial charge in [-0.1, -0.05) is 17.7 Å². The SMILES string of the molecule is COc1ccc2c(c1)N=C(C1CN(c3cc(Cl)nc(N)n3)CCO1)C2. The second-order valence-electron chi connectivity index (χ2n) is 5.99. The molecular formula is C17H18ClN5O2. The van der Waals surface area contributed by atoms with E-state index in [4.69, 9.17) is 31.8 Å². The summed E-state index contributed by atoms with van der Waals surface area (Å²) in [4.78, 5) is 15.0. The maximum Gasteiger partial charge on any atom is 0.223 e. The first-order valence-corrected chi connectivity index (χ1v) is 8.41. The highest BCUT2D eigenvalue weighted by atomic mass is 35.5. The molecule has 1 aromatic carbocycles. The number of fused-ring (bicyclic) bond motifs is 1. The molecule has 2 N–H and O–H groups in total. The minimum absolute atomic E-state index is 0.0953. The number of ether oxygens (including phenoxy) is 2. The molecule has 3 heterocycles. The van der Waals surface area contributed by atoms with Gasteiger partial charge in [0.05, 0.1) is 31.7 Å². The third-order valence-electron chi connectivity index (χ3n) is 4.39. The normalized spacial score (nSPS) is 19.5. The molecule has 4 rings (SSSR count). The predicted octanol–water partition coefficient (Wildman–Crippen LogP) is 2.25. The number of nitrogens with two attached hydrogens (primary N) is 1. The Hall–Kier alpha value is -2.38. The van der Waals surface area contributed by atoms with Crippen molar-refractivity contribution in [2.45, 2.75) is 12.5 Å². The third kappa shape index (κ3) is 3.25. The molecular weight excluding hydrogens is 342 g/mol. The van der Waals surface area contributed by atoms with E-state index in [1.807, 2.05) is 12.1 Å². The van der Waals surface area contributed by atoms with Crippen molar-refractivity contribution in [2.24, 2.45) is 4.99 Å². The van der Waals surface area contributed by atoms with Gasteiger partial charge in [-0.05, 0) is 11.6 Å². The van der Waals surface area contributed by atoms with E-state index in [1.54, 1.807) is 13.2 Å². The molecule has 0 aliphatic carbocycles. The summed E-state index contributed by atoms with van der Waals surface area (Å²) in [5, 5.41) is 0.336. The average Bonchev–Trinajstić information content (AvgIpc) is 3.04. The van der Waals surface area contributed by atoms with Crippen LogP contribution in [0.5, 0.6) is 5.75 Å². The van der Waals surface area contributed by atoms with Gasteiger partial charge in [0.2, 0.25) is 5.95 Å². The lowest BCUT2D eigenvalue weighted by atomic mass is 10.1. The van der Waals surface area contributed by atoms with E-state index in [9.17, 15) is 0 Å². The van der Waals surface area contributed by atoms with Crippen LogP contribution in [0, 0.1) is 0 Å². The number of aromatic nitrogens is 2. The molecule has 8 heteroatoms. The standard InChI is InChI=1S/C17H18ClN5O2/c1-24-11-3-2-10-6-13(20-12(10)7-11)14-9-23(4-5-25-14)16-8-15(18)21-17(19)22-16/h2-3,7-8,14H,4-6,9H2,1H3,(H2,19,21,22). The second kappa shape index (κ2) is 6.50. The van der Waals surface area contributed by atoms with Crippen LogP contribution in [0.2, 0.25) is 5.15 Å². The number of hydrogen-bond acceptors (Lipinski definition) is 7. The van der Waals surface area contributed by atoms with Crippen molar-refractivity contribution in [3.05, 3.63) is 35.0 Å². The summed E-state index contributed by atoms with van der Waals surface area (Å²) in [6.07, 6.45) is 0.687. The summed E-state index contributed by atoms with van der Waals surface area (Å²) in [6.45, 7) is 1.96. The molecule has 0 radical (unpaired) electrons. The minimum atomic E-state index is -0.0953. The molecule has 0 saturated carbocycles. The Morgan fingerprint density at radius 1 is 1.32 bits per heavy atom. The Kier molecular flexibility index (Phi) is 4.19. The van der Waals surface area contributed by atoms with Gasteiger partial charge in [-0.3, -0.25) is 4.99 Å². The fraction of sp³-hybridized carbons (Fsp3) is 0.353. The molecule has 0 spiro atoms. The molecule has 1 unspecified atom stereocenters. The number of rotatable bonds is 3. The van der Waals surface area contributed by atoms with Crippen molar-refractivity contribution < 1.29 is 9.47 Å². The zero-order valence-corrected chi connectivity index (χ0v) is 14.5. The Labute approximate surface area is 150 Å². The lowest BCUT2D eigenvalue weighted by Crippen LogP contribution is -2.46. The van der Waals surface area contributed by atoms with Gasteiger partial charge in [-0.15, -0.1) is 0 Å². The van der Waals surface area contributed by atoms with Crippen LogP contribution >= 0.6 is 11.6 Å². The van der Waals surface area contributed by atoms with Crippen LogP contribution in [-0.4, -0.2) is 48.6 Å². The van der Waals surface area contributed by atoms with E-state index in [-0.39, 0.29) is 12.1 Å². The van der Waals surface area contributed by atoms with Crippen molar-refractivity contribution in [3.63, 3.8) is 0 Å². The van der Waals surface area contributed by atoms with Crippen molar-refractivity contribution in [1.29, 1.82) is 0 Å². The average molecular weight is 360 g/mol. The first kappa shape index (κ1) is 16.1. The van der Waals surface area contributed by atoms with Gasteiger partial charge in [-0.2, -0.15) is 4.98 Å². The van der Waals surface area contributed by atoms with Gasteiger partial charge in [0.15, 0.2) is 0 Å². The fourth-order valence-corrected chi connectivity index (χ4v) is 3.33. The number of halogens is 1. The predicted molar refractivity (Wildman–Crippen MR) is 97.2 cm³/mol. The molecule has 2 aromatic rings. The monoisotopic (exact) mass is 359 g/mol. The Bertz CT molecular complexity index is 822. The van der Waals surface area contributed by atoms with Crippen LogP contribution < -0.4 is 15.4 Å². The molecule has 0 bridgehead atoms. The maximum atomic E-state index is 6.00. The lowest BCUT2D eigenvalue weighted by Gasteiger charge is -2.33. The molecule has 0 amide bonds. The zero-order chi connectivity index (χ0) is 17.4. The maximum absolute atomic E-state index is 6.00. The Morgan fingerprint density at radius 3 is 3.00 bits per heavy atom. The zero-order valence-electron chi connectivity index (χ0n) is 13.8. The van der Waals surface area contributed by atoms with Gasteiger partial charge in [0.1, 0.15) is 22.8 Å². The summed E-state index contributed by atoms with van der Waals surface area (Å²) in [6, 6.07) is 7.68. The highest BCUT2D eigenvalue weighted by molar-refractivity contribution is 6.29. The first-order valence-electron chi connectivity index (χ1n) is 8.03. The molecule has 130 valence electrons. The summed E-state index contributed by atoms with van der Waals surface area (Å²) in [5.41, 5.74) is 8.86. The van der Waals surface area contributed by atoms with E-state index in [0.29, 0.717) is 24.1 Å².